The third-order valence-corrected chi connectivity index (χ3v) is 4.22. The summed E-state index contributed by atoms with van der Waals surface area (Å²) < 4.78 is 13.7. The van der Waals surface area contributed by atoms with E-state index in [-0.39, 0.29) is 11.6 Å². The lowest BCUT2D eigenvalue weighted by Gasteiger charge is -2.05. The van der Waals surface area contributed by atoms with Crippen LogP contribution in [-0.4, -0.2) is 38.3 Å². The van der Waals surface area contributed by atoms with Crippen LogP contribution >= 0.6 is 0 Å². The molecular weight excluding hydrogens is 435 g/mol. The molecule has 0 unspecified atom stereocenters. The average molecular weight is 458 g/mol. The summed E-state index contributed by atoms with van der Waals surface area (Å²) in [7, 11) is 0. The van der Waals surface area contributed by atoms with E-state index < -0.39 is 18.4 Å². The van der Waals surface area contributed by atoms with E-state index in [2.05, 4.69) is 28.2 Å². The summed E-state index contributed by atoms with van der Waals surface area (Å²) in [5.41, 5.74) is 2.51. The van der Waals surface area contributed by atoms with Crippen molar-refractivity contribution < 1.29 is 19.1 Å². The smallest absolute Gasteiger partial charge is 0.322 e. The highest BCUT2D eigenvalue weighted by Crippen LogP contribution is 2.20. The summed E-state index contributed by atoms with van der Waals surface area (Å²) in [5, 5.41) is 15.2. The number of benzene rings is 3. The van der Waals surface area contributed by atoms with Crippen molar-refractivity contribution in [3.8, 4) is 29.9 Å². The largest absolute Gasteiger partial charge is 0.480 e. The first-order chi connectivity index (χ1) is 16.4. The molecule has 0 aliphatic heterocycles. The quantitative estimate of drug-likeness (QED) is 0.438. The number of terminal acetylenes is 1. The Kier molecular flexibility index (Phi) is 9.70. The molecule has 0 spiro atoms. The van der Waals surface area contributed by atoms with Gasteiger partial charge < -0.3 is 10.4 Å². The minimum Gasteiger partial charge on any atom is -0.480 e. The first-order valence-corrected chi connectivity index (χ1v) is 10.1. The molecule has 2 N–H and O–H groups in total. The Balaban J connectivity index is 0.000000343. The molecule has 0 aliphatic carbocycles. The van der Waals surface area contributed by atoms with E-state index in [4.69, 9.17) is 5.11 Å². The van der Waals surface area contributed by atoms with Gasteiger partial charge in [-0.1, -0.05) is 60.7 Å². The number of aromatic nitrogens is 3. The molecule has 8 heteroatoms. The van der Waals surface area contributed by atoms with Crippen molar-refractivity contribution in [3.63, 3.8) is 0 Å². The zero-order valence-corrected chi connectivity index (χ0v) is 18.4. The highest BCUT2D eigenvalue weighted by molar-refractivity contribution is 5.92. The van der Waals surface area contributed by atoms with E-state index in [1.165, 1.54) is 12.1 Å². The number of hydrogen-bond donors (Lipinski definition) is 2. The van der Waals surface area contributed by atoms with Gasteiger partial charge in [0.2, 0.25) is 5.82 Å². The molecule has 0 saturated carbocycles. The van der Waals surface area contributed by atoms with Gasteiger partial charge in [-0.25, -0.2) is 14.1 Å². The van der Waals surface area contributed by atoms with E-state index in [9.17, 15) is 14.0 Å². The Hall–Kier alpha value is -4.77. The third kappa shape index (κ3) is 7.43. The number of nitrogens with one attached hydrogen (secondary N) is 1. The van der Waals surface area contributed by atoms with Crippen LogP contribution in [-0.2, 0) is 4.79 Å². The van der Waals surface area contributed by atoms with Crippen molar-refractivity contribution in [1.29, 1.82) is 0 Å². The Morgan fingerprint density at radius 1 is 0.971 bits per heavy atom. The molecule has 0 radical (unpaired) electrons. The maximum atomic E-state index is 12.2. The molecule has 1 amide bonds. The van der Waals surface area contributed by atoms with Gasteiger partial charge in [0.15, 0.2) is 5.82 Å². The standard InChI is InChI=1S/C17H14N4O3.C7H7F.C2H2/c22-14(23)11-18-17(24)15-19-16(12-7-3-1-4-8-12)21(20-15)13-9-5-2-6-10-13;1-6-3-2-4-7(8)5-6;1-2/h1-10H,11H2,(H,18,24)(H,22,23);2-5H,1H3;1-2H. The van der Waals surface area contributed by atoms with Gasteiger partial charge in [-0.15, -0.1) is 17.9 Å². The Morgan fingerprint density at radius 2 is 1.59 bits per heavy atom. The number of nitrogens with zero attached hydrogens (tertiary/aromatic N) is 3. The molecule has 1 heterocycles. The predicted octanol–water partition coefficient (Wildman–Crippen LogP) is 4.13. The second-order valence-corrected chi connectivity index (χ2v) is 6.75. The molecular formula is C26H23FN4O3. The molecule has 34 heavy (non-hydrogen) atoms. The monoisotopic (exact) mass is 458 g/mol. The van der Waals surface area contributed by atoms with E-state index in [1.54, 1.807) is 10.7 Å². The van der Waals surface area contributed by atoms with E-state index in [0.717, 1.165) is 16.8 Å². The Labute approximate surface area is 196 Å². The molecule has 172 valence electrons. The number of halogens is 1. The SMILES string of the molecule is C#C.Cc1cccc(F)c1.O=C(O)CNC(=O)c1nc(-c2ccccc2)n(-c2ccccc2)n1. The van der Waals surface area contributed by atoms with Gasteiger partial charge in [-0.3, -0.25) is 9.59 Å². The van der Waals surface area contributed by atoms with Crippen LogP contribution in [0.25, 0.3) is 17.1 Å². The van der Waals surface area contributed by atoms with E-state index >= 15 is 0 Å². The fraction of sp³-hybridized carbons (Fsp3) is 0.0769. The molecule has 0 aliphatic rings. The van der Waals surface area contributed by atoms with Gasteiger partial charge in [0, 0.05) is 5.56 Å². The lowest BCUT2D eigenvalue weighted by Crippen LogP contribution is -2.30. The number of carboxylic acid groups (broad SMARTS) is 1. The lowest BCUT2D eigenvalue weighted by atomic mass is 10.2. The molecule has 4 aromatic rings. The zero-order valence-electron chi connectivity index (χ0n) is 18.4. The minimum absolute atomic E-state index is 0.0843. The van der Waals surface area contributed by atoms with E-state index in [0.29, 0.717) is 5.82 Å². The van der Waals surface area contributed by atoms with E-state index in [1.807, 2.05) is 73.7 Å². The van der Waals surface area contributed by atoms with Gasteiger partial charge in [0.25, 0.3) is 5.91 Å². The average Bonchev–Trinajstić information content (AvgIpc) is 3.31. The van der Waals surface area contributed by atoms with Crippen LogP contribution in [0.4, 0.5) is 4.39 Å². The lowest BCUT2D eigenvalue weighted by molar-refractivity contribution is -0.135. The van der Waals surface area contributed by atoms with Crippen molar-refractivity contribution in [2.45, 2.75) is 6.92 Å². The van der Waals surface area contributed by atoms with Crippen molar-refractivity contribution in [3.05, 3.63) is 102 Å². The fourth-order valence-electron chi connectivity index (χ4n) is 2.77. The molecule has 1 aromatic heterocycles. The highest BCUT2D eigenvalue weighted by Gasteiger charge is 2.18. The van der Waals surface area contributed by atoms with Gasteiger partial charge in [0.05, 0.1) is 5.69 Å². The number of carbonyl (C=O) groups is 2. The van der Waals surface area contributed by atoms with Gasteiger partial charge >= 0.3 is 5.97 Å². The van der Waals surface area contributed by atoms with Crippen LogP contribution in [0.1, 0.15) is 16.2 Å². The summed E-state index contributed by atoms with van der Waals surface area (Å²) >= 11 is 0. The number of amides is 1. The van der Waals surface area contributed by atoms with Crippen molar-refractivity contribution in [1.82, 2.24) is 20.1 Å². The number of hydrogen-bond acceptors (Lipinski definition) is 4. The van der Waals surface area contributed by atoms with Crippen LogP contribution in [0.2, 0.25) is 0 Å². The maximum absolute atomic E-state index is 12.2. The van der Waals surface area contributed by atoms with Gasteiger partial charge in [-0.2, -0.15) is 0 Å². The number of aliphatic carboxylic acids is 1. The van der Waals surface area contributed by atoms with Crippen LogP contribution < -0.4 is 5.32 Å². The molecule has 4 rings (SSSR count). The van der Waals surface area contributed by atoms with Gasteiger partial charge in [0.1, 0.15) is 12.4 Å². The molecule has 3 aromatic carbocycles. The fourth-order valence-corrected chi connectivity index (χ4v) is 2.77. The first kappa shape index (κ1) is 25.5. The normalized spacial score (nSPS) is 9.53. The summed E-state index contributed by atoms with van der Waals surface area (Å²) in [4.78, 5) is 26.9. The molecule has 0 bridgehead atoms. The third-order valence-electron chi connectivity index (χ3n) is 4.22. The number of rotatable bonds is 5. The minimum atomic E-state index is -1.13. The maximum Gasteiger partial charge on any atom is 0.322 e. The molecule has 0 fully saturated rings. The molecule has 7 nitrogen and oxygen atoms in total. The molecule has 0 saturated heterocycles. The van der Waals surface area contributed by atoms with Crippen molar-refractivity contribution in [2.24, 2.45) is 0 Å². The first-order valence-electron chi connectivity index (χ1n) is 10.1. The number of aryl methyl sites for hydroxylation is 1. The second kappa shape index (κ2) is 12.9. The molecule has 0 atom stereocenters. The van der Waals surface area contributed by atoms with Crippen molar-refractivity contribution >= 4 is 11.9 Å². The second-order valence-electron chi connectivity index (χ2n) is 6.75. The van der Waals surface area contributed by atoms with Crippen LogP contribution in [0, 0.1) is 25.6 Å². The number of carboxylic acids is 1. The van der Waals surface area contributed by atoms with Crippen LogP contribution in [0.3, 0.4) is 0 Å². The van der Waals surface area contributed by atoms with Gasteiger partial charge in [-0.05, 0) is 36.8 Å². The number of carbonyl (C=O) groups excluding carboxylic acids is 1. The summed E-state index contributed by atoms with van der Waals surface area (Å²) in [6.07, 6.45) is 8.00. The Bertz CT molecular complexity index is 1160. The topological polar surface area (TPSA) is 97.1 Å². The summed E-state index contributed by atoms with van der Waals surface area (Å²) in [6, 6.07) is 25.1. The Morgan fingerprint density at radius 3 is 2.12 bits per heavy atom. The number of para-hydroxylation sites is 1. The highest BCUT2D eigenvalue weighted by atomic mass is 19.1. The zero-order chi connectivity index (χ0) is 24.9. The van der Waals surface area contributed by atoms with Crippen LogP contribution in [0.15, 0.2) is 84.9 Å². The van der Waals surface area contributed by atoms with Crippen molar-refractivity contribution in [2.75, 3.05) is 6.54 Å². The predicted molar refractivity (Wildman–Crippen MR) is 128 cm³/mol. The summed E-state index contributed by atoms with van der Waals surface area (Å²) in [5.74, 6) is -1.51. The summed E-state index contributed by atoms with van der Waals surface area (Å²) in [6.45, 7) is 1.38. The van der Waals surface area contributed by atoms with Crippen LogP contribution in [0.5, 0.6) is 0 Å².